The number of carbonyl (C=O) groups excluding carboxylic acids is 2. The van der Waals surface area contributed by atoms with Gasteiger partial charge < -0.3 is 14.2 Å². The second kappa shape index (κ2) is 53.7. The molecule has 0 aromatic carbocycles. The molecule has 0 bridgehead atoms. The Balaban J connectivity index is 4.12. The van der Waals surface area contributed by atoms with Gasteiger partial charge >= 0.3 is 11.9 Å². The standard InChI is InChI=1S/C57H108O5/c1-4-7-10-13-16-19-21-23-25-27-28-29-31-33-35-37-40-43-46-49-52-60-53-55(62-57(59)51-48-45-42-38-18-15-12-9-6-3)54-61-56(58)50-47-44-41-39-36-34-32-30-26-24-22-20-17-14-11-8-5-2/h23-26,55H,4-22,27-54H2,1-3H3/b25-23-,26-24-. The lowest BCUT2D eigenvalue weighted by Gasteiger charge is -2.18. The average molecular weight is 873 g/mol. The van der Waals surface area contributed by atoms with Crippen LogP contribution in [-0.2, 0) is 23.8 Å². The summed E-state index contributed by atoms with van der Waals surface area (Å²) in [6.07, 6.45) is 63.4. The molecule has 0 spiro atoms. The average Bonchev–Trinajstić information content (AvgIpc) is 3.27. The van der Waals surface area contributed by atoms with E-state index in [0.717, 1.165) is 32.1 Å². The second-order valence-corrected chi connectivity index (χ2v) is 18.8. The van der Waals surface area contributed by atoms with E-state index in [0.29, 0.717) is 26.1 Å². The molecule has 0 aromatic rings. The maximum atomic E-state index is 12.8. The molecule has 0 aromatic heterocycles. The van der Waals surface area contributed by atoms with Crippen LogP contribution in [0, 0.1) is 0 Å². The van der Waals surface area contributed by atoms with Gasteiger partial charge in [-0.2, -0.15) is 0 Å². The van der Waals surface area contributed by atoms with Gasteiger partial charge in [0, 0.05) is 19.4 Å². The third-order valence-electron chi connectivity index (χ3n) is 12.5. The minimum Gasteiger partial charge on any atom is -0.462 e. The van der Waals surface area contributed by atoms with Crippen molar-refractivity contribution in [1.82, 2.24) is 0 Å². The van der Waals surface area contributed by atoms with Crippen LogP contribution < -0.4 is 0 Å². The van der Waals surface area contributed by atoms with Crippen molar-refractivity contribution in [3.63, 3.8) is 0 Å². The molecule has 0 radical (unpaired) electrons. The quantitative estimate of drug-likeness (QED) is 0.0346. The maximum Gasteiger partial charge on any atom is 0.306 e. The molecule has 0 saturated heterocycles. The van der Waals surface area contributed by atoms with Crippen molar-refractivity contribution in [2.24, 2.45) is 0 Å². The molecule has 0 rings (SSSR count). The van der Waals surface area contributed by atoms with Crippen LogP contribution in [0.5, 0.6) is 0 Å². The highest BCUT2D eigenvalue weighted by molar-refractivity contribution is 5.70. The van der Waals surface area contributed by atoms with E-state index in [-0.39, 0.29) is 18.5 Å². The molecule has 1 atom stereocenters. The van der Waals surface area contributed by atoms with Crippen LogP contribution in [0.25, 0.3) is 0 Å². The number of allylic oxidation sites excluding steroid dienone is 4. The lowest BCUT2D eigenvalue weighted by Crippen LogP contribution is -2.30. The van der Waals surface area contributed by atoms with Gasteiger partial charge in [-0.15, -0.1) is 0 Å². The number of hydrogen-bond donors (Lipinski definition) is 0. The summed E-state index contributed by atoms with van der Waals surface area (Å²) in [5.74, 6) is -0.388. The van der Waals surface area contributed by atoms with E-state index in [1.165, 1.54) is 238 Å². The predicted octanol–water partition coefficient (Wildman–Crippen LogP) is 18.8. The molecular formula is C57H108O5. The molecule has 5 heteroatoms. The molecule has 0 aliphatic carbocycles. The van der Waals surface area contributed by atoms with Crippen molar-refractivity contribution in [2.45, 2.75) is 309 Å². The van der Waals surface area contributed by atoms with Gasteiger partial charge in [0.05, 0.1) is 6.61 Å². The first kappa shape index (κ1) is 60.4. The van der Waals surface area contributed by atoms with Gasteiger partial charge in [0.25, 0.3) is 0 Å². The van der Waals surface area contributed by atoms with E-state index in [1.54, 1.807) is 0 Å². The first-order valence-electron chi connectivity index (χ1n) is 27.9. The summed E-state index contributed by atoms with van der Waals surface area (Å²) >= 11 is 0. The number of esters is 2. The molecule has 0 amide bonds. The van der Waals surface area contributed by atoms with Crippen molar-refractivity contribution in [2.75, 3.05) is 19.8 Å². The number of rotatable bonds is 52. The second-order valence-electron chi connectivity index (χ2n) is 18.8. The van der Waals surface area contributed by atoms with E-state index >= 15 is 0 Å². The Morgan fingerprint density at radius 3 is 0.984 bits per heavy atom. The minimum absolute atomic E-state index is 0.0890. The van der Waals surface area contributed by atoms with Gasteiger partial charge in [0.1, 0.15) is 6.61 Å². The molecular weight excluding hydrogens is 765 g/mol. The predicted molar refractivity (Wildman–Crippen MR) is 270 cm³/mol. The highest BCUT2D eigenvalue weighted by Gasteiger charge is 2.17. The van der Waals surface area contributed by atoms with Gasteiger partial charge in [0.15, 0.2) is 6.10 Å². The van der Waals surface area contributed by atoms with Crippen LogP contribution in [-0.4, -0.2) is 37.9 Å². The number of ether oxygens (including phenoxy) is 3. The molecule has 0 N–H and O–H groups in total. The summed E-state index contributed by atoms with van der Waals surface area (Å²) < 4.78 is 17.4. The summed E-state index contributed by atoms with van der Waals surface area (Å²) in [6, 6.07) is 0. The molecule has 1 unspecified atom stereocenters. The summed E-state index contributed by atoms with van der Waals surface area (Å²) in [5.41, 5.74) is 0. The molecule has 0 heterocycles. The van der Waals surface area contributed by atoms with Crippen LogP contribution in [0.1, 0.15) is 303 Å². The van der Waals surface area contributed by atoms with Crippen molar-refractivity contribution in [3.05, 3.63) is 24.3 Å². The third kappa shape index (κ3) is 51.0. The highest BCUT2D eigenvalue weighted by Crippen LogP contribution is 2.16. The molecule has 366 valence electrons. The fourth-order valence-corrected chi connectivity index (χ4v) is 8.27. The molecule has 0 aliphatic heterocycles. The van der Waals surface area contributed by atoms with Gasteiger partial charge in [-0.3, -0.25) is 9.59 Å². The van der Waals surface area contributed by atoms with Gasteiger partial charge in [-0.1, -0.05) is 244 Å². The van der Waals surface area contributed by atoms with E-state index in [1.807, 2.05) is 0 Å². The van der Waals surface area contributed by atoms with Gasteiger partial charge in [0.2, 0.25) is 0 Å². The summed E-state index contributed by atoms with van der Waals surface area (Å²) in [4.78, 5) is 25.4. The zero-order valence-electron chi connectivity index (χ0n) is 42.2. The van der Waals surface area contributed by atoms with E-state index in [4.69, 9.17) is 14.2 Å². The summed E-state index contributed by atoms with van der Waals surface area (Å²) in [7, 11) is 0. The first-order chi connectivity index (χ1) is 30.6. The highest BCUT2D eigenvalue weighted by atomic mass is 16.6. The molecule has 0 saturated carbocycles. The van der Waals surface area contributed by atoms with Crippen molar-refractivity contribution >= 4 is 11.9 Å². The van der Waals surface area contributed by atoms with Crippen LogP contribution >= 0.6 is 0 Å². The van der Waals surface area contributed by atoms with Crippen LogP contribution in [0.15, 0.2) is 24.3 Å². The Morgan fingerprint density at radius 1 is 0.339 bits per heavy atom. The first-order valence-corrected chi connectivity index (χ1v) is 27.9. The normalized spacial score (nSPS) is 12.2. The van der Waals surface area contributed by atoms with Crippen molar-refractivity contribution < 1.29 is 23.8 Å². The Morgan fingerprint density at radius 2 is 0.629 bits per heavy atom. The topological polar surface area (TPSA) is 61.8 Å². The maximum absolute atomic E-state index is 12.8. The Labute approximate surface area is 387 Å². The smallest absolute Gasteiger partial charge is 0.306 e. The Kier molecular flexibility index (Phi) is 52.3. The summed E-state index contributed by atoms with van der Waals surface area (Å²) in [6.45, 7) is 7.85. The largest absolute Gasteiger partial charge is 0.462 e. The SMILES string of the molecule is CCCCCCCC/C=C\CCCCCCCCCCCCOCC(COC(=O)CCCCCCCCC/C=C\CCCCCCCC)OC(=O)CCCCCCCCCCC. The molecule has 0 aliphatic rings. The van der Waals surface area contributed by atoms with E-state index < -0.39 is 6.10 Å². The molecule has 0 fully saturated rings. The van der Waals surface area contributed by atoms with Crippen molar-refractivity contribution in [1.29, 1.82) is 0 Å². The zero-order valence-corrected chi connectivity index (χ0v) is 42.2. The fourth-order valence-electron chi connectivity index (χ4n) is 8.27. The molecule has 62 heavy (non-hydrogen) atoms. The fraction of sp³-hybridized carbons (Fsp3) is 0.895. The Bertz CT molecular complexity index is 943. The number of unbranched alkanes of at least 4 members (excludes halogenated alkanes) is 37. The summed E-state index contributed by atoms with van der Waals surface area (Å²) in [5, 5.41) is 0. The van der Waals surface area contributed by atoms with Gasteiger partial charge in [-0.05, 0) is 70.6 Å². The number of hydrogen-bond acceptors (Lipinski definition) is 5. The lowest BCUT2D eigenvalue weighted by molar-refractivity contribution is -0.163. The van der Waals surface area contributed by atoms with Crippen LogP contribution in [0.3, 0.4) is 0 Å². The van der Waals surface area contributed by atoms with Crippen molar-refractivity contribution in [3.8, 4) is 0 Å². The van der Waals surface area contributed by atoms with E-state index in [2.05, 4.69) is 45.1 Å². The van der Waals surface area contributed by atoms with Crippen LogP contribution in [0.4, 0.5) is 0 Å². The minimum atomic E-state index is -0.531. The Hall–Kier alpha value is -1.62. The monoisotopic (exact) mass is 873 g/mol. The molecule has 5 nitrogen and oxygen atoms in total. The number of carbonyl (C=O) groups is 2. The van der Waals surface area contributed by atoms with E-state index in [9.17, 15) is 9.59 Å². The van der Waals surface area contributed by atoms with Gasteiger partial charge in [-0.25, -0.2) is 0 Å². The van der Waals surface area contributed by atoms with Crippen LogP contribution in [0.2, 0.25) is 0 Å². The lowest BCUT2D eigenvalue weighted by atomic mass is 10.1. The zero-order chi connectivity index (χ0) is 44.9. The third-order valence-corrected chi connectivity index (χ3v) is 12.5.